The van der Waals surface area contributed by atoms with Gasteiger partial charge in [0.25, 0.3) is 0 Å². The minimum absolute atomic E-state index is 0.123. The van der Waals surface area contributed by atoms with Gasteiger partial charge in [-0.2, -0.15) is 0 Å². The first-order valence-corrected chi connectivity index (χ1v) is 8.72. The molecule has 0 saturated heterocycles. The summed E-state index contributed by atoms with van der Waals surface area (Å²) in [6, 6.07) is 9.01. The molecule has 1 heterocycles. The molecule has 7 heteroatoms. The van der Waals surface area contributed by atoms with E-state index in [2.05, 4.69) is 31.5 Å². The average Bonchev–Trinajstić information content (AvgIpc) is 2.59. The van der Waals surface area contributed by atoms with Gasteiger partial charge in [0.05, 0.1) is 6.61 Å². The number of halogens is 1. The molecule has 0 aliphatic rings. The first kappa shape index (κ1) is 18.9. The molecule has 0 radical (unpaired) electrons. The molecule has 2 rings (SSSR count). The number of amides is 1. The fourth-order valence-corrected chi connectivity index (χ4v) is 2.52. The van der Waals surface area contributed by atoms with Crippen molar-refractivity contribution in [1.29, 1.82) is 0 Å². The molecule has 0 unspecified atom stereocenters. The van der Waals surface area contributed by atoms with Gasteiger partial charge in [-0.3, -0.25) is 4.79 Å². The van der Waals surface area contributed by atoms with Gasteiger partial charge in [-0.15, -0.1) is 0 Å². The van der Waals surface area contributed by atoms with Gasteiger partial charge in [-0.05, 0) is 43.7 Å². The molecule has 0 saturated carbocycles. The van der Waals surface area contributed by atoms with Gasteiger partial charge in [0, 0.05) is 29.3 Å². The van der Waals surface area contributed by atoms with Crippen LogP contribution in [0.15, 0.2) is 41.0 Å². The van der Waals surface area contributed by atoms with E-state index >= 15 is 0 Å². The Morgan fingerprint density at radius 3 is 2.84 bits per heavy atom. The summed E-state index contributed by atoms with van der Waals surface area (Å²) in [4.78, 5) is 28.1. The number of nitrogens with one attached hydrogen (secondary N) is 2. The summed E-state index contributed by atoms with van der Waals surface area (Å²) in [6.07, 6.45) is 1.82. The van der Waals surface area contributed by atoms with Crippen LogP contribution in [0.3, 0.4) is 0 Å². The highest BCUT2D eigenvalue weighted by Crippen LogP contribution is 2.20. The maximum atomic E-state index is 12.1. The highest BCUT2D eigenvalue weighted by molar-refractivity contribution is 9.10. The molecule has 2 aromatic rings. The molecular formula is C18H20BrN3O3. The average molecular weight is 406 g/mol. The second-order valence-corrected chi connectivity index (χ2v) is 6.22. The lowest BCUT2D eigenvalue weighted by molar-refractivity contribution is -0.115. The second-order valence-electron chi connectivity index (χ2n) is 5.30. The van der Waals surface area contributed by atoms with E-state index in [0.717, 1.165) is 15.7 Å². The van der Waals surface area contributed by atoms with Crippen molar-refractivity contribution in [2.45, 2.75) is 20.3 Å². The standard InChI is InChI=1S/C18H20BrN3O3/c1-3-25-18(24)14-5-4-9-20-17(14)21-10-8-16(23)22-15-11-13(19)7-6-12(15)2/h4-7,9,11H,3,8,10H2,1-2H3,(H,20,21)(H,22,23). The van der Waals surface area contributed by atoms with E-state index in [1.165, 1.54) is 0 Å². The van der Waals surface area contributed by atoms with Crippen molar-refractivity contribution < 1.29 is 14.3 Å². The SMILES string of the molecule is CCOC(=O)c1cccnc1NCCC(=O)Nc1cc(Br)ccc1C. The Morgan fingerprint density at radius 2 is 2.08 bits per heavy atom. The summed E-state index contributed by atoms with van der Waals surface area (Å²) in [5.41, 5.74) is 2.11. The van der Waals surface area contributed by atoms with Crippen LogP contribution in [0, 0.1) is 6.92 Å². The summed E-state index contributed by atoms with van der Waals surface area (Å²) >= 11 is 3.39. The van der Waals surface area contributed by atoms with E-state index in [4.69, 9.17) is 4.74 Å². The molecule has 0 spiro atoms. The number of aromatic nitrogens is 1. The first-order valence-electron chi connectivity index (χ1n) is 7.93. The smallest absolute Gasteiger partial charge is 0.341 e. The lowest BCUT2D eigenvalue weighted by atomic mass is 10.2. The van der Waals surface area contributed by atoms with E-state index in [1.54, 1.807) is 25.3 Å². The highest BCUT2D eigenvalue weighted by Gasteiger charge is 2.13. The number of carbonyl (C=O) groups is 2. The number of nitrogens with zero attached hydrogens (tertiary/aromatic N) is 1. The number of aryl methyl sites for hydroxylation is 1. The zero-order valence-corrected chi connectivity index (χ0v) is 15.7. The molecule has 0 aliphatic carbocycles. The van der Waals surface area contributed by atoms with E-state index in [9.17, 15) is 9.59 Å². The molecule has 25 heavy (non-hydrogen) atoms. The van der Waals surface area contributed by atoms with Crippen LogP contribution in [0.25, 0.3) is 0 Å². The minimum Gasteiger partial charge on any atom is -0.462 e. The lowest BCUT2D eigenvalue weighted by Gasteiger charge is -2.11. The number of rotatable bonds is 7. The third kappa shape index (κ3) is 5.56. The Balaban J connectivity index is 1.91. The van der Waals surface area contributed by atoms with Gasteiger partial charge < -0.3 is 15.4 Å². The summed E-state index contributed by atoms with van der Waals surface area (Å²) in [5, 5.41) is 5.89. The number of carbonyl (C=O) groups excluding carboxylic acids is 2. The number of pyridine rings is 1. The molecule has 6 nitrogen and oxygen atoms in total. The lowest BCUT2D eigenvalue weighted by Crippen LogP contribution is -2.18. The molecule has 0 aliphatic heterocycles. The van der Waals surface area contributed by atoms with Gasteiger partial charge in [0.15, 0.2) is 0 Å². The number of esters is 1. The van der Waals surface area contributed by atoms with Crippen LogP contribution in [0.5, 0.6) is 0 Å². The van der Waals surface area contributed by atoms with Crippen LogP contribution in [0.2, 0.25) is 0 Å². The largest absolute Gasteiger partial charge is 0.462 e. The van der Waals surface area contributed by atoms with Crippen LogP contribution in [-0.4, -0.2) is 30.0 Å². The summed E-state index contributed by atoms with van der Waals surface area (Å²) in [5.74, 6) is -0.151. The van der Waals surface area contributed by atoms with Crippen LogP contribution in [-0.2, 0) is 9.53 Å². The minimum atomic E-state index is -0.438. The van der Waals surface area contributed by atoms with Crippen molar-refractivity contribution in [2.24, 2.45) is 0 Å². The van der Waals surface area contributed by atoms with Crippen LogP contribution >= 0.6 is 15.9 Å². The third-order valence-electron chi connectivity index (χ3n) is 3.42. The molecule has 0 fully saturated rings. The van der Waals surface area contributed by atoms with Crippen LogP contribution in [0.1, 0.15) is 29.3 Å². The second kappa shape index (κ2) is 9.17. The van der Waals surface area contributed by atoms with Crippen LogP contribution < -0.4 is 10.6 Å². The van der Waals surface area contributed by atoms with Crippen LogP contribution in [0.4, 0.5) is 11.5 Å². The zero-order valence-electron chi connectivity index (χ0n) is 14.1. The number of hydrogen-bond acceptors (Lipinski definition) is 5. The van der Waals surface area contributed by atoms with E-state index in [-0.39, 0.29) is 12.3 Å². The fraction of sp³-hybridized carbons (Fsp3) is 0.278. The molecular weight excluding hydrogens is 386 g/mol. The molecule has 0 bridgehead atoms. The third-order valence-corrected chi connectivity index (χ3v) is 3.91. The maximum Gasteiger partial charge on any atom is 0.341 e. The van der Waals surface area contributed by atoms with Gasteiger partial charge in [0.2, 0.25) is 5.91 Å². The molecule has 1 aromatic heterocycles. The summed E-state index contributed by atoms with van der Waals surface area (Å²) < 4.78 is 5.90. The van der Waals surface area contributed by atoms with Crippen molar-refractivity contribution >= 4 is 39.3 Å². The Kier molecular flexibility index (Phi) is 6.94. The summed E-state index contributed by atoms with van der Waals surface area (Å²) in [6.45, 7) is 4.32. The normalized spacial score (nSPS) is 10.2. The van der Waals surface area contributed by atoms with E-state index < -0.39 is 5.97 Å². The predicted octanol–water partition coefficient (Wildman–Crippen LogP) is 3.77. The van der Waals surface area contributed by atoms with Crippen molar-refractivity contribution in [1.82, 2.24) is 4.98 Å². The molecule has 132 valence electrons. The molecule has 1 amide bonds. The number of benzene rings is 1. The van der Waals surface area contributed by atoms with E-state index in [0.29, 0.717) is 24.5 Å². The van der Waals surface area contributed by atoms with Crippen molar-refractivity contribution in [3.8, 4) is 0 Å². The topological polar surface area (TPSA) is 80.3 Å². The van der Waals surface area contributed by atoms with Gasteiger partial charge in [-0.25, -0.2) is 9.78 Å². The predicted molar refractivity (Wildman–Crippen MR) is 101 cm³/mol. The van der Waals surface area contributed by atoms with Gasteiger partial charge in [0.1, 0.15) is 11.4 Å². The number of hydrogen-bond donors (Lipinski definition) is 2. The van der Waals surface area contributed by atoms with Crippen molar-refractivity contribution in [3.05, 3.63) is 52.1 Å². The van der Waals surface area contributed by atoms with E-state index in [1.807, 2.05) is 25.1 Å². The quantitative estimate of drug-likeness (QED) is 0.685. The van der Waals surface area contributed by atoms with Crippen molar-refractivity contribution in [2.75, 3.05) is 23.8 Å². The molecule has 1 aromatic carbocycles. The Morgan fingerprint density at radius 1 is 1.28 bits per heavy atom. The first-order chi connectivity index (χ1) is 12.0. The van der Waals surface area contributed by atoms with Gasteiger partial charge in [-0.1, -0.05) is 22.0 Å². The van der Waals surface area contributed by atoms with Crippen molar-refractivity contribution in [3.63, 3.8) is 0 Å². The zero-order chi connectivity index (χ0) is 18.2. The highest BCUT2D eigenvalue weighted by atomic mass is 79.9. The Bertz CT molecular complexity index is 765. The fourth-order valence-electron chi connectivity index (χ4n) is 2.16. The number of ether oxygens (including phenoxy) is 1. The Hall–Kier alpha value is -2.41. The van der Waals surface area contributed by atoms with Gasteiger partial charge >= 0.3 is 5.97 Å². The Labute approximate surface area is 155 Å². The molecule has 2 N–H and O–H groups in total. The molecule has 0 atom stereocenters. The monoisotopic (exact) mass is 405 g/mol. The summed E-state index contributed by atoms with van der Waals surface area (Å²) in [7, 11) is 0. The maximum absolute atomic E-state index is 12.1. The number of anilines is 2.